The van der Waals surface area contributed by atoms with E-state index >= 15 is 0 Å². The van der Waals surface area contributed by atoms with Crippen LogP contribution in [-0.2, 0) is 6.18 Å². The van der Waals surface area contributed by atoms with Crippen molar-refractivity contribution in [1.29, 1.82) is 0 Å². The third-order valence-corrected chi connectivity index (χ3v) is 2.26. The molecule has 0 amide bonds. The average molecular weight is 260 g/mol. The Kier molecular flexibility index (Phi) is 3.11. The van der Waals surface area contributed by atoms with E-state index in [1.54, 1.807) is 0 Å². The lowest BCUT2D eigenvalue weighted by Crippen LogP contribution is -2.08. The molecule has 1 aromatic rings. The smallest absolute Gasteiger partial charge is 0.258 e. The maximum absolute atomic E-state index is 12.3. The van der Waals surface area contributed by atoms with E-state index in [1.807, 2.05) is 0 Å². The molecule has 0 heterocycles. The Morgan fingerprint density at radius 1 is 1.20 bits per heavy atom. The van der Waals surface area contributed by atoms with Gasteiger partial charge in [0.25, 0.3) is 5.69 Å². The lowest BCUT2D eigenvalue weighted by atomic mass is 10.2. The van der Waals surface area contributed by atoms with Gasteiger partial charge in [0.15, 0.2) is 0 Å². The van der Waals surface area contributed by atoms with Crippen LogP contribution in [0.2, 0.25) is 10.0 Å². The predicted octanol–water partition coefficient (Wildman–Crippen LogP) is 3.92. The molecular weight excluding hydrogens is 258 g/mol. The summed E-state index contributed by atoms with van der Waals surface area (Å²) in [6, 6.07) is 1.01. The van der Waals surface area contributed by atoms with Gasteiger partial charge in [0.1, 0.15) is 5.56 Å². The third-order valence-electron chi connectivity index (χ3n) is 1.54. The summed E-state index contributed by atoms with van der Waals surface area (Å²) in [4.78, 5) is 9.17. The minimum Gasteiger partial charge on any atom is -0.258 e. The molecule has 0 N–H and O–H groups in total. The Hall–Kier alpha value is -1.01. The lowest BCUT2D eigenvalue weighted by Gasteiger charge is -2.08. The van der Waals surface area contributed by atoms with Crippen LogP contribution in [0.3, 0.4) is 0 Å². The molecule has 0 aliphatic carbocycles. The molecular formula is C7H2Cl2F3NO2. The van der Waals surface area contributed by atoms with E-state index < -0.39 is 22.4 Å². The zero-order valence-corrected chi connectivity index (χ0v) is 8.32. The zero-order chi connectivity index (χ0) is 11.8. The molecule has 0 spiro atoms. The molecule has 0 aliphatic rings. The standard InChI is InChI=1S/C7H2Cl2F3NO2/c8-4-1-3(7(10,11)12)6(13(14)15)2-5(4)9/h1-2H. The van der Waals surface area contributed by atoms with E-state index in [9.17, 15) is 23.3 Å². The molecule has 0 atom stereocenters. The van der Waals surface area contributed by atoms with E-state index in [0.717, 1.165) is 0 Å². The number of benzene rings is 1. The van der Waals surface area contributed by atoms with Gasteiger partial charge in [0.05, 0.1) is 15.0 Å². The van der Waals surface area contributed by atoms with Crippen molar-refractivity contribution in [3.8, 4) is 0 Å². The van der Waals surface area contributed by atoms with Gasteiger partial charge in [-0.15, -0.1) is 0 Å². The predicted molar refractivity (Wildman–Crippen MR) is 48.1 cm³/mol. The van der Waals surface area contributed by atoms with E-state index in [4.69, 9.17) is 23.2 Å². The van der Waals surface area contributed by atoms with Crippen LogP contribution >= 0.6 is 23.2 Å². The fraction of sp³-hybridized carbons (Fsp3) is 0.143. The third kappa shape index (κ3) is 2.51. The first-order valence-electron chi connectivity index (χ1n) is 3.44. The van der Waals surface area contributed by atoms with Crippen LogP contribution in [0.4, 0.5) is 18.9 Å². The second-order valence-corrected chi connectivity index (χ2v) is 3.35. The van der Waals surface area contributed by atoms with Gasteiger partial charge in [-0.05, 0) is 6.07 Å². The highest BCUT2D eigenvalue weighted by Gasteiger charge is 2.39. The molecule has 1 rings (SSSR count). The molecule has 0 saturated carbocycles. The van der Waals surface area contributed by atoms with Gasteiger partial charge in [-0.1, -0.05) is 23.2 Å². The molecule has 0 saturated heterocycles. The Morgan fingerprint density at radius 2 is 1.67 bits per heavy atom. The SMILES string of the molecule is O=[N+]([O-])c1cc(Cl)c(Cl)cc1C(F)(F)F. The average Bonchev–Trinajstić information content (AvgIpc) is 2.06. The number of hydrogen-bond acceptors (Lipinski definition) is 2. The van der Waals surface area contributed by atoms with Crippen LogP contribution in [0.25, 0.3) is 0 Å². The molecule has 3 nitrogen and oxygen atoms in total. The molecule has 8 heteroatoms. The second-order valence-electron chi connectivity index (χ2n) is 2.54. The summed E-state index contributed by atoms with van der Waals surface area (Å²) >= 11 is 10.7. The van der Waals surface area contributed by atoms with Gasteiger partial charge in [-0.25, -0.2) is 0 Å². The fourth-order valence-corrected chi connectivity index (χ4v) is 1.24. The normalized spacial score (nSPS) is 11.5. The summed E-state index contributed by atoms with van der Waals surface area (Å²) < 4.78 is 36.9. The van der Waals surface area contributed by atoms with Crippen molar-refractivity contribution in [2.75, 3.05) is 0 Å². The zero-order valence-electron chi connectivity index (χ0n) is 6.81. The number of nitro benzene ring substituents is 1. The van der Waals surface area contributed by atoms with Gasteiger partial charge in [-0.3, -0.25) is 10.1 Å². The molecule has 0 fully saturated rings. The van der Waals surface area contributed by atoms with Gasteiger partial charge in [0, 0.05) is 6.07 Å². The molecule has 1 aromatic carbocycles. The van der Waals surface area contributed by atoms with Crippen LogP contribution in [0, 0.1) is 10.1 Å². The van der Waals surface area contributed by atoms with Crippen LogP contribution in [0.1, 0.15) is 5.56 Å². The van der Waals surface area contributed by atoms with Gasteiger partial charge < -0.3 is 0 Å². The molecule has 0 aromatic heterocycles. The topological polar surface area (TPSA) is 43.1 Å². The fourth-order valence-electron chi connectivity index (χ4n) is 0.914. The highest BCUT2D eigenvalue weighted by molar-refractivity contribution is 6.42. The van der Waals surface area contributed by atoms with E-state index in [-0.39, 0.29) is 10.0 Å². The van der Waals surface area contributed by atoms with E-state index in [2.05, 4.69) is 0 Å². The number of nitro groups is 1. The van der Waals surface area contributed by atoms with E-state index in [1.165, 1.54) is 0 Å². The number of rotatable bonds is 1. The van der Waals surface area contributed by atoms with Crippen LogP contribution in [0.5, 0.6) is 0 Å². The van der Waals surface area contributed by atoms with Crippen molar-refractivity contribution in [2.45, 2.75) is 6.18 Å². The summed E-state index contributed by atoms with van der Waals surface area (Å²) in [6.45, 7) is 0. The summed E-state index contributed by atoms with van der Waals surface area (Å²) in [5.41, 5.74) is -2.53. The van der Waals surface area contributed by atoms with Gasteiger partial charge in [0.2, 0.25) is 0 Å². The van der Waals surface area contributed by atoms with Crippen LogP contribution in [-0.4, -0.2) is 4.92 Å². The summed E-state index contributed by atoms with van der Waals surface area (Å²) in [7, 11) is 0. The Morgan fingerprint density at radius 3 is 2.07 bits per heavy atom. The molecule has 82 valence electrons. The first-order valence-corrected chi connectivity index (χ1v) is 4.19. The van der Waals surface area contributed by atoms with E-state index in [0.29, 0.717) is 12.1 Å². The Bertz CT molecular complexity index is 419. The Balaban J connectivity index is 3.49. The summed E-state index contributed by atoms with van der Waals surface area (Å²) in [5, 5.41) is 9.66. The number of halogens is 5. The summed E-state index contributed by atoms with van der Waals surface area (Å²) in [5.74, 6) is 0. The first-order chi connectivity index (χ1) is 6.73. The van der Waals surface area contributed by atoms with Gasteiger partial charge >= 0.3 is 6.18 Å². The minimum atomic E-state index is -4.84. The molecule has 0 unspecified atom stereocenters. The minimum absolute atomic E-state index is 0.295. The highest BCUT2D eigenvalue weighted by atomic mass is 35.5. The quantitative estimate of drug-likeness (QED) is 0.567. The van der Waals surface area contributed by atoms with Gasteiger partial charge in [-0.2, -0.15) is 13.2 Å². The summed E-state index contributed by atoms with van der Waals surface area (Å²) in [6.07, 6.45) is -4.84. The van der Waals surface area contributed by atoms with Crippen molar-refractivity contribution in [1.82, 2.24) is 0 Å². The van der Waals surface area contributed by atoms with Crippen molar-refractivity contribution in [2.24, 2.45) is 0 Å². The lowest BCUT2D eigenvalue weighted by molar-refractivity contribution is -0.388. The van der Waals surface area contributed by atoms with Crippen molar-refractivity contribution in [3.63, 3.8) is 0 Å². The Labute approximate surface area is 91.6 Å². The van der Waals surface area contributed by atoms with Crippen molar-refractivity contribution in [3.05, 3.63) is 37.9 Å². The monoisotopic (exact) mass is 259 g/mol. The maximum atomic E-state index is 12.3. The second kappa shape index (κ2) is 3.86. The van der Waals surface area contributed by atoms with Crippen molar-refractivity contribution < 1.29 is 18.1 Å². The first kappa shape index (κ1) is 12.1. The van der Waals surface area contributed by atoms with Crippen LogP contribution in [0.15, 0.2) is 12.1 Å². The highest BCUT2D eigenvalue weighted by Crippen LogP contribution is 2.40. The largest absolute Gasteiger partial charge is 0.423 e. The number of alkyl halides is 3. The maximum Gasteiger partial charge on any atom is 0.423 e. The molecule has 15 heavy (non-hydrogen) atoms. The van der Waals surface area contributed by atoms with Crippen molar-refractivity contribution >= 4 is 28.9 Å². The van der Waals surface area contributed by atoms with Crippen LogP contribution < -0.4 is 0 Å². The number of hydrogen-bond donors (Lipinski definition) is 0. The molecule has 0 radical (unpaired) electrons. The molecule has 0 bridgehead atoms. The molecule has 0 aliphatic heterocycles. The number of nitrogens with zero attached hydrogens (tertiary/aromatic N) is 1.